The number of nitro benzene ring substituents is 1. The van der Waals surface area contributed by atoms with Gasteiger partial charge in [0.15, 0.2) is 4.90 Å². The van der Waals surface area contributed by atoms with Crippen molar-refractivity contribution >= 4 is 15.7 Å². The Morgan fingerprint density at radius 1 is 1.53 bits per heavy atom. The fourth-order valence-electron chi connectivity index (χ4n) is 1.30. The topological polar surface area (TPSA) is 115 Å². The average Bonchev–Trinajstić information content (AvgIpc) is 2.35. The molecule has 0 aliphatic heterocycles. The molecule has 0 amide bonds. The molecule has 1 unspecified atom stereocenters. The van der Waals surface area contributed by atoms with Crippen LogP contribution in [-0.2, 0) is 10.0 Å². The number of hydrogen-bond acceptors (Lipinski definition) is 5. The summed E-state index contributed by atoms with van der Waals surface area (Å²) >= 11 is 0. The molecule has 0 heterocycles. The summed E-state index contributed by atoms with van der Waals surface area (Å²) in [5.41, 5.74) is 4.75. The standard InChI is InChI=1S/C10H14FN3O4S/c1-2-8(12)6-13-19(17,18)10-4-3-7(11)5-9(10)14(15)16/h3-5,8,13H,2,6,12H2,1H3. The summed E-state index contributed by atoms with van der Waals surface area (Å²) < 4.78 is 38.9. The Morgan fingerprint density at radius 3 is 2.68 bits per heavy atom. The highest BCUT2D eigenvalue weighted by molar-refractivity contribution is 7.89. The number of nitrogens with one attached hydrogen (secondary N) is 1. The van der Waals surface area contributed by atoms with E-state index in [0.29, 0.717) is 12.5 Å². The van der Waals surface area contributed by atoms with E-state index >= 15 is 0 Å². The smallest absolute Gasteiger partial charge is 0.292 e. The van der Waals surface area contributed by atoms with Crippen LogP contribution in [0.2, 0.25) is 0 Å². The van der Waals surface area contributed by atoms with Gasteiger partial charge in [0.25, 0.3) is 5.69 Å². The zero-order valence-corrected chi connectivity index (χ0v) is 11.0. The van der Waals surface area contributed by atoms with E-state index in [1.54, 1.807) is 6.92 Å². The first-order valence-electron chi connectivity index (χ1n) is 5.47. The molecule has 9 heteroatoms. The molecule has 106 valence electrons. The number of nitro groups is 1. The molecule has 1 aromatic carbocycles. The van der Waals surface area contributed by atoms with Gasteiger partial charge < -0.3 is 5.73 Å². The van der Waals surface area contributed by atoms with Gasteiger partial charge in [-0.25, -0.2) is 17.5 Å². The quantitative estimate of drug-likeness (QED) is 0.592. The van der Waals surface area contributed by atoms with Gasteiger partial charge in [0.05, 0.1) is 11.0 Å². The lowest BCUT2D eigenvalue weighted by Gasteiger charge is -2.11. The van der Waals surface area contributed by atoms with Crippen LogP contribution in [0.5, 0.6) is 0 Å². The lowest BCUT2D eigenvalue weighted by atomic mass is 10.2. The molecule has 1 rings (SSSR count). The van der Waals surface area contributed by atoms with E-state index in [2.05, 4.69) is 4.72 Å². The Labute approximate surface area is 109 Å². The first-order valence-corrected chi connectivity index (χ1v) is 6.95. The largest absolute Gasteiger partial charge is 0.327 e. The second-order valence-electron chi connectivity index (χ2n) is 3.89. The Hall–Kier alpha value is -1.58. The van der Waals surface area contributed by atoms with Crippen molar-refractivity contribution in [3.05, 3.63) is 34.1 Å². The minimum Gasteiger partial charge on any atom is -0.327 e. The van der Waals surface area contributed by atoms with Crippen molar-refractivity contribution in [3.63, 3.8) is 0 Å². The van der Waals surface area contributed by atoms with Crippen molar-refractivity contribution < 1.29 is 17.7 Å². The fourth-order valence-corrected chi connectivity index (χ4v) is 2.54. The third-order valence-electron chi connectivity index (χ3n) is 2.47. The normalized spacial score (nSPS) is 13.2. The van der Waals surface area contributed by atoms with Crippen LogP contribution in [0.4, 0.5) is 10.1 Å². The third-order valence-corrected chi connectivity index (χ3v) is 3.94. The average molecular weight is 291 g/mol. The number of hydrogen-bond donors (Lipinski definition) is 2. The number of nitrogens with zero attached hydrogens (tertiary/aromatic N) is 1. The second kappa shape index (κ2) is 6.04. The Morgan fingerprint density at radius 2 is 2.16 bits per heavy atom. The Bertz CT molecular complexity index is 576. The maximum atomic E-state index is 12.9. The molecule has 3 N–H and O–H groups in total. The van der Waals surface area contributed by atoms with Crippen molar-refractivity contribution in [2.45, 2.75) is 24.3 Å². The van der Waals surface area contributed by atoms with Crippen molar-refractivity contribution in [1.29, 1.82) is 0 Å². The summed E-state index contributed by atoms with van der Waals surface area (Å²) in [5.74, 6) is -0.879. The maximum Gasteiger partial charge on any atom is 0.292 e. The van der Waals surface area contributed by atoms with E-state index in [-0.39, 0.29) is 6.54 Å². The molecule has 0 aliphatic carbocycles. The van der Waals surface area contributed by atoms with Crippen molar-refractivity contribution in [2.75, 3.05) is 6.54 Å². The van der Waals surface area contributed by atoms with Gasteiger partial charge >= 0.3 is 0 Å². The summed E-state index contributed by atoms with van der Waals surface area (Å²) in [4.78, 5) is 9.21. The van der Waals surface area contributed by atoms with Crippen LogP contribution in [0.15, 0.2) is 23.1 Å². The molecule has 1 atom stereocenters. The zero-order chi connectivity index (χ0) is 14.6. The Kier molecular flexibility index (Phi) is 4.92. The molecule has 0 radical (unpaired) electrons. The molecular formula is C10H14FN3O4S. The van der Waals surface area contributed by atoms with Crippen LogP contribution in [0.25, 0.3) is 0 Å². The highest BCUT2D eigenvalue weighted by Gasteiger charge is 2.26. The Balaban J connectivity index is 3.11. The van der Waals surface area contributed by atoms with Crippen LogP contribution in [-0.4, -0.2) is 25.9 Å². The van der Waals surface area contributed by atoms with E-state index in [1.165, 1.54) is 0 Å². The van der Waals surface area contributed by atoms with Crippen LogP contribution < -0.4 is 10.5 Å². The van der Waals surface area contributed by atoms with E-state index in [0.717, 1.165) is 12.1 Å². The maximum absolute atomic E-state index is 12.9. The molecule has 0 saturated heterocycles. The monoisotopic (exact) mass is 291 g/mol. The van der Waals surface area contributed by atoms with Crippen molar-refractivity contribution in [2.24, 2.45) is 5.73 Å². The molecule has 19 heavy (non-hydrogen) atoms. The van der Waals surface area contributed by atoms with Gasteiger partial charge in [-0.15, -0.1) is 0 Å². The summed E-state index contributed by atoms with van der Waals surface area (Å²) in [7, 11) is -4.10. The van der Waals surface area contributed by atoms with Gasteiger partial charge in [0.2, 0.25) is 10.0 Å². The number of halogens is 1. The van der Waals surface area contributed by atoms with Crippen molar-refractivity contribution in [1.82, 2.24) is 4.72 Å². The highest BCUT2D eigenvalue weighted by atomic mass is 32.2. The number of nitrogens with two attached hydrogens (primary N) is 1. The van der Waals surface area contributed by atoms with Gasteiger partial charge in [-0.2, -0.15) is 0 Å². The van der Waals surface area contributed by atoms with Crippen LogP contribution in [0.1, 0.15) is 13.3 Å². The predicted molar refractivity (Wildman–Crippen MR) is 66.5 cm³/mol. The van der Waals surface area contributed by atoms with Crippen LogP contribution in [0.3, 0.4) is 0 Å². The lowest BCUT2D eigenvalue weighted by molar-refractivity contribution is -0.388. The zero-order valence-electron chi connectivity index (χ0n) is 10.2. The summed E-state index contributed by atoms with van der Waals surface area (Å²) in [6, 6.07) is 1.87. The van der Waals surface area contributed by atoms with E-state index in [1.807, 2.05) is 0 Å². The second-order valence-corrected chi connectivity index (χ2v) is 5.62. The number of benzene rings is 1. The van der Waals surface area contributed by atoms with Crippen molar-refractivity contribution in [3.8, 4) is 0 Å². The highest BCUT2D eigenvalue weighted by Crippen LogP contribution is 2.24. The summed E-state index contributed by atoms with van der Waals surface area (Å²) in [6.07, 6.45) is 0.550. The minimum atomic E-state index is -4.10. The van der Waals surface area contributed by atoms with E-state index in [9.17, 15) is 22.9 Å². The molecular weight excluding hydrogens is 277 g/mol. The van der Waals surface area contributed by atoms with Crippen LogP contribution in [0, 0.1) is 15.9 Å². The van der Waals surface area contributed by atoms with Gasteiger partial charge in [-0.05, 0) is 18.6 Å². The van der Waals surface area contributed by atoms with Crippen LogP contribution >= 0.6 is 0 Å². The number of sulfonamides is 1. The molecule has 0 spiro atoms. The first-order chi connectivity index (χ1) is 8.77. The molecule has 7 nitrogen and oxygen atoms in total. The lowest BCUT2D eigenvalue weighted by Crippen LogP contribution is -2.36. The first kappa shape index (κ1) is 15.5. The SMILES string of the molecule is CCC(N)CNS(=O)(=O)c1ccc(F)cc1[N+](=O)[O-]. The van der Waals surface area contributed by atoms with Gasteiger partial charge in [0, 0.05) is 12.6 Å². The minimum absolute atomic E-state index is 0.0482. The van der Waals surface area contributed by atoms with E-state index in [4.69, 9.17) is 5.73 Å². The molecule has 0 fully saturated rings. The molecule has 0 bridgehead atoms. The predicted octanol–water partition coefficient (Wildman–Crippen LogP) is 0.750. The van der Waals surface area contributed by atoms with Gasteiger partial charge in [-0.1, -0.05) is 6.92 Å². The molecule has 0 saturated carbocycles. The molecule has 1 aromatic rings. The van der Waals surface area contributed by atoms with Gasteiger partial charge in [-0.3, -0.25) is 10.1 Å². The fraction of sp³-hybridized carbons (Fsp3) is 0.400. The molecule has 0 aliphatic rings. The third kappa shape index (κ3) is 3.94. The number of rotatable bonds is 6. The van der Waals surface area contributed by atoms with E-state index < -0.39 is 37.4 Å². The summed E-state index contributed by atoms with van der Waals surface area (Å²) in [6.45, 7) is 1.73. The summed E-state index contributed by atoms with van der Waals surface area (Å²) in [5, 5.41) is 10.7. The van der Waals surface area contributed by atoms with Gasteiger partial charge in [0.1, 0.15) is 5.82 Å². The molecule has 0 aromatic heterocycles.